The third-order valence-corrected chi connectivity index (χ3v) is 1.86. The van der Waals surface area contributed by atoms with Crippen molar-refractivity contribution in [3.63, 3.8) is 0 Å². The first-order valence-electron chi connectivity index (χ1n) is 8.18. The Morgan fingerprint density at radius 1 is 1.77 bits per heavy atom. The Kier molecular flexibility index (Phi) is 1.68. The Balaban J connectivity index is 5.88. The summed E-state index contributed by atoms with van der Waals surface area (Å²) in [6.07, 6.45) is -3.68. The smallest absolute Gasteiger partial charge is 0.341 e. The lowest BCUT2D eigenvalue weighted by molar-refractivity contribution is -0.138. The molecule has 0 spiro atoms. The minimum atomic E-state index is -4.52. The molecular weight excluding hydrogens is 251 g/mol. The molecule has 0 aromatic rings. The zero-order valence-electron chi connectivity index (χ0n) is 17.0. The predicted octanol–water partition coefficient (Wildman–Crippen LogP) is 3.15. The van der Waals surface area contributed by atoms with Gasteiger partial charge < -0.3 is 4.74 Å². The van der Waals surface area contributed by atoms with Crippen molar-refractivity contribution in [1.29, 1.82) is 0 Å². The topological polar surface area (TPSA) is 26.3 Å². The molecule has 0 aliphatic rings. The van der Waals surface area contributed by atoms with E-state index in [-0.39, 0.29) is 0 Å². The van der Waals surface area contributed by atoms with Gasteiger partial charge in [0.2, 0.25) is 0 Å². The van der Waals surface area contributed by atoms with Crippen LogP contribution in [0, 0.1) is 0 Å². The van der Waals surface area contributed by atoms with Gasteiger partial charge in [0.25, 0.3) is 0 Å². The maximum absolute atomic E-state index is 11.8. The number of ether oxygens (including phenoxy) is 1. The van der Waals surface area contributed by atoms with Gasteiger partial charge in [-0.3, -0.25) is 0 Å². The molecule has 0 fully saturated rings. The van der Waals surface area contributed by atoms with Gasteiger partial charge in [-0.1, -0.05) is 6.53 Å². The summed E-state index contributed by atoms with van der Waals surface area (Å²) in [4.78, 5) is 11.8. The van der Waals surface area contributed by atoms with E-state index in [0.717, 1.165) is 0 Å². The Morgan fingerprint density at radius 3 is 2.92 bits per heavy atom. The molecule has 76 valence electrons. The predicted molar refractivity (Wildman–Crippen MR) is 58.5 cm³/mol. The number of esters is 1. The van der Waals surface area contributed by atoms with Crippen LogP contribution in [0.5, 0.6) is 0 Å². The van der Waals surface area contributed by atoms with Crippen LogP contribution in [0.15, 0.2) is 12.1 Å². The van der Waals surface area contributed by atoms with Gasteiger partial charge in [-0.15, -0.1) is 33.2 Å². The van der Waals surface area contributed by atoms with Gasteiger partial charge in [0.1, 0.15) is 0 Å². The molecule has 0 heterocycles. The van der Waals surface area contributed by atoms with Crippen LogP contribution in [0.1, 0.15) is 28.3 Å². The summed E-state index contributed by atoms with van der Waals surface area (Å²) < 4.78 is 84.1. The van der Waals surface area contributed by atoms with E-state index in [1.807, 2.05) is 0 Å². The van der Waals surface area contributed by atoms with E-state index in [1.165, 1.54) is 0 Å². The minimum Gasteiger partial charge on any atom is -0.462 e. The standard InChI is InChI=1S/C7H11Cl3O2Si/c1-6(2)7(11)12-4-3-5-13(8,9)10/h1,3-5H2,2H3/i1D2,2D3,3D2,4D2,5D2. The SMILES string of the molecule is [2H]C([2H])=C(C(=O)OC([2H])([2H])C([2H])([2H])C([2H])([2H])[Si](Cl)(Cl)Cl)C([2H])([2H])[2H]. The maximum Gasteiger partial charge on any atom is 0.341 e. The van der Waals surface area contributed by atoms with E-state index in [2.05, 4.69) is 4.74 Å². The first-order chi connectivity index (χ1) is 10.2. The van der Waals surface area contributed by atoms with Gasteiger partial charge in [-0.2, -0.15) is 0 Å². The monoisotopic (exact) mass is 271 g/mol. The highest BCUT2D eigenvalue weighted by Crippen LogP contribution is 2.26. The first kappa shape index (κ1) is 3.70. The molecule has 2 nitrogen and oxygen atoms in total. The van der Waals surface area contributed by atoms with E-state index in [9.17, 15) is 4.79 Å². The second kappa shape index (κ2) is 5.91. The highest BCUT2D eigenvalue weighted by atomic mass is 35.8. The fourth-order valence-corrected chi connectivity index (χ4v) is 0.837. The number of hydrogen-bond donors (Lipinski definition) is 0. The summed E-state index contributed by atoms with van der Waals surface area (Å²) in [7, 11) is 0. The van der Waals surface area contributed by atoms with Crippen molar-refractivity contribution < 1.29 is 24.6 Å². The number of hydrogen-bond acceptors (Lipinski definition) is 2. The number of carbonyl (C=O) groups is 1. The van der Waals surface area contributed by atoms with Gasteiger partial charge in [0.15, 0.2) is 0 Å². The molecule has 0 aliphatic heterocycles. The molecule has 0 aromatic carbocycles. The molecular formula is C7H11Cl3O2Si. The van der Waals surface area contributed by atoms with E-state index < -0.39 is 49.9 Å². The Bertz CT molecular complexity index is 535. The zero-order chi connectivity index (χ0) is 19.9. The molecule has 0 saturated heterocycles. The summed E-state index contributed by atoms with van der Waals surface area (Å²) in [5.74, 6) is -5.39. The van der Waals surface area contributed by atoms with Gasteiger partial charge in [-0.25, -0.2) is 4.79 Å². The van der Waals surface area contributed by atoms with Gasteiger partial charge in [0.05, 0.1) is 12.0 Å². The molecule has 0 radical (unpaired) electrons. The van der Waals surface area contributed by atoms with E-state index in [1.54, 1.807) is 0 Å². The number of rotatable bonds is 5. The van der Waals surface area contributed by atoms with Crippen LogP contribution in [0.4, 0.5) is 0 Å². The fraction of sp³-hybridized carbons (Fsp3) is 0.571. The lowest BCUT2D eigenvalue weighted by Crippen LogP contribution is -2.12. The van der Waals surface area contributed by atoms with Gasteiger partial charge >= 0.3 is 12.0 Å². The minimum absolute atomic E-state index is 1.49. The Hall–Kier alpha value is 0.297. The third kappa shape index (κ3) is 8.62. The van der Waals surface area contributed by atoms with Crippen molar-refractivity contribution in [3.8, 4) is 0 Å². The highest BCUT2D eigenvalue weighted by molar-refractivity contribution is 7.64. The van der Waals surface area contributed by atoms with Crippen LogP contribution in [-0.4, -0.2) is 18.5 Å². The van der Waals surface area contributed by atoms with E-state index in [4.69, 9.17) is 48.3 Å². The second-order valence-corrected chi connectivity index (χ2v) is 9.70. The van der Waals surface area contributed by atoms with Crippen molar-refractivity contribution in [1.82, 2.24) is 0 Å². The average molecular weight is 273 g/mol. The lowest BCUT2D eigenvalue weighted by Gasteiger charge is -2.07. The summed E-state index contributed by atoms with van der Waals surface area (Å²) >= 11 is 16.3. The molecule has 0 unspecified atom stereocenters. The zero-order valence-corrected chi connectivity index (χ0v) is 9.22. The highest BCUT2D eigenvalue weighted by Gasteiger charge is 2.23. The van der Waals surface area contributed by atoms with Crippen LogP contribution in [0.2, 0.25) is 6.00 Å². The molecule has 0 saturated carbocycles. The average Bonchev–Trinajstić information content (AvgIpc) is 2.22. The lowest BCUT2D eigenvalue weighted by atomic mass is 10.4. The summed E-state index contributed by atoms with van der Waals surface area (Å²) in [6.45, 7) is -8.56. The molecule has 0 bridgehead atoms. The summed E-state index contributed by atoms with van der Waals surface area (Å²) in [5.41, 5.74) is -1.51. The largest absolute Gasteiger partial charge is 0.462 e. The van der Waals surface area contributed by atoms with Crippen LogP contribution in [0.25, 0.3) is 0 Å². The second-order valence-electron chi connectivity index (χ2n) is 1.61. The van der Waals surface area contributed by atoms with Crippen LogP contribution < -0.4 is 0 Å². The Morgan fingerprint density at radius 2 is 2.46 bits per heavy atom. The molecule has 0 amide bonds. The molecule has 0 atom stereocenters. The summed E-state index contributed by atoms with van der Waals surface area (Å²) in [5, 5.41) is 0. The number of carbonyl (C=O) groups excluding carboxylic acids is 1. The van der Waals surface area contributed by atoms with E-state index >= 15 is 0 Å². The van der Waals surface area contributed by atoms with Gasteiger partial charge in [-0.05, 0) is 19.2 Å². The van der Waals surface area contributed by atoms with Crippen LogP contribution >= 0.6 is 33.2 Å². The van der Waals surface area contributed by atoms with Crippen molar-refractivity contribution in [2.24, 2.45) is 0 Å². The quantitative estimate of drug-likeness (QED) is 0.333. The van der Waals surface area contributed by atoms with Crippen molar-refractivity contribution in [2.75, 3.05) is 6.56 Å². The molecule has 13 heavy (non-hydrogen) atoms. The van der Waals surface area contributed by atoms with Crippen molar-refractivity contribution in [2.45, 2.75) is 19.2 Å². The Labute approximate surface area is 108 Å². The molecule has 0 N–H and O–H groups in total. The molecule has 6 heteroatoms. The molecule has 0 aromatic heterocycles. The van der Waals surface area contributed by atoms with Crippen LogP contribution in [0.3, 0.4) is 0 Å². The fourth-order valence-electron chi connectivity index (χ4n) is 0.219. The van der Waals surface area contributed by atoms with Crippen molar-refractivity contribution in [3.05, 3.63) is 12.1 Å². The molecule has 0 rings (SSSR count). The first-order valence-corrected chi connectivity index (χ1v) is 7.71. The third-order valence-electron chi connectivity index (χ3n) is 0.603. The van der Waals surface area contributed by atoms with E-state index in [0.29, 0.717) is 0 Å². The van der Waals surface area contributed by atoms with Gasteiger partial charge in [0, 0.05) is 15.2 Å². The van der Waals surface area contributed by atoms with Crippen molar-refractivity contribution >= 4 is 45.2 Å². The summed E-state index contributed by atoms with van der Waals surface area (Å²) in [6, 6.07) is -4.52. The normalized spacial score (nSPS) is 27.5. The number of halogens is 3. The molecule has 0 aliphatic carbocycles. The van der Waals surface area contributed by atoms with Crippen LogP contribution in [-0.2, 0) is 9.53 Å². The maximum atomic E-state index is 11.8.